The fourth-order valence-electron chi connectivity index (χ4n) is 2.09. The van der Waals surface area contributed by atoms with Gasteiger partial charge >= 0.3 is 7.52 Å². The Hall–Kier alpha value is -1.73. The van der Waals surface area contributed by atoms with Gasteiger partial charge in [0.25, 0.3) is 0 Å². The summed E-state index contributed by atoms with van der Waals surface area (Å²) in [5.74, 6) is 0.621. The zero-order chi connectivity index (χ0) is 15.5. The molecule has 0 saturated carbocycles. The van der Waals surface area contributed by atoms with Gasteiger partial charge in [0, 0.05) is 12.4 Å². The molecule has 4 heteroatoms. The van der Waals surface area contributed by atoms with Gasteiger partial charge in [0.1, 0.15) is 5.75 Å². The number of hydrogen-bond donors (Lipinski definition) is 1. The SMILES string of the molecule is CCc1ccc(OP(C)(=O)Nc2cc(C)ccc2C)cc1. The van der Waals surface area contributed by atoms with Crippen LogP contribution in [0.5, 0.6) is 5.75 Å². The summed E-state index contributed by atoms with van der Waals surface area (Å²) in [5.41, 5.74) is 4.25. The highest BCUT2D eigenvalue weighted by molar-refractivity contribution is 7.60. The molecule has 2 aromatic carbocycles. The topological polar surface area (TPSA) is 38.3 Å². The van der Waals surface area contributed by atoms with Gasteiger partial charge < -0.3 is 9.61 Å². The van der Waals surface area contributed by atoms with Crippen LogP contribution in [0.1, 0.15) is 23.6 Å². The third-order valence-electron chi connectivity index (χ3n) is 3.33. The van der Waals surface area contributed by atoms with Gasteiger partial charge in [-0.1, -0.05) is 31.2 Å². The largest absolute Gasteiger partial charge is 0.429 e. The van der Waals surface area contributed by atoms with Crippen LogP contribution in [-0.4, -0.2) is 6.66 Å². The lowest BCUT2D eigenvalue weighted by molar-refractivity contribution is 0.493. The van der Waals surface area contributed by atoms with Crippen molar-refractivity contribution in [1.29, 1.82) is 0 Å². The number of rotatable bonds is 5. The summed E-state index contributed by atoms with van der Waals surface area (Å²) in [6.07, 6.45) is 0.977. The Morgan fingerprint density at radius 2 is 1.76 bits per heavy atom. The van der Waals surface area contributed by atoms with Crippen molar-refractivity contribution in [1.82, 2.24) is 0 Å². The molecule has 0 heterocycles. The quantitative estimate of drug-likeness (QED) is 0.773. The van der Waals surface area contributed by atoms with Crippen LogP contribution in [0.25, 0.3) is 0 Å². The van der Waals surface area contributed by atoms with Crippen LogP contribution in [0.15, 0.2) is 42.5 Å². The molecule has 0 fully saturated rings. The molecular weight excluding hydrogens is 281 g/mol. The van der Waals surface area contributed by atoms with Gasteiger partial charge in [0.2, 0.25) is 0 Å². The third kappa shape index (κ3) is 4.37. The maximum Gasteiger partial charge on any atom is 0.338 e. The van der Waals surface area contributed by atoms with Crippen LogP contribution in [-0.2, 0) is 11.0 Å². The first-order valence-electron chi connectivity index (χ1n) is 7.11. The third-order valence-corrected chi connectivity index (χ3v) is 4.53. The monoisotopic (exact) mass is 303 g/mol. The zero-order valence-corrected chi connectivity index (χ0v) is 13.9. The van der Waals surface area contributed by atoms with Gasteiger partial charge in [-0.3, -0.25) is 4.57 Å². The van der Waals surface area contributed by atoms with E-state index in [0.29, 0.717) is 5.75 Å². The fourth-order valence-corrected chi connectivity index (χ4v) is 3.33. The molecule has 0 aliphatic carbocycles. The molecular formula is C17H22NO2P. The molecule has 0 bridgehead atoms. The molecule has 0 aliphatic rings. The Morgan fingerprint density at radius 3 is 2.38 bits per heavy atom. The average Bonchev–Trinajstić information content (AvgIpc) is 2.43. The number of anilines is 1. The Bertz CT molecular complexity index is 665. The summed E-state index contributed by atoms with van der Waals surface area (Å²) in [7, 11) is -2.96. The van der Waals surface area contributed by atoms with Crippen LogP contribution in [0.2, 0.25) is 0 Å². The van der Waals surface area contributed by atoms with Gasteiger partial charge in [-0.05, 0) is 55.2 Å². The highest BCUT2D eigenvalue weighted by atomic mass is 31.2. The Balaban J connectivity index is 2.14. The van der Waals surface area contributed by atoms with E-state index in [1.54, 1.807) is 6.66 Å². The second-order valence-electron chi connectivity index (χ2n) is 5.36. The number of benzene rings is 2. The van der Waals surface area contributed by atoms with Crippen LogP contribution in [0.4, 0.5) is 5.69 Å². The lowest BCUT2D eigenvalue weighted by Gasteiger charge is -2.19. The molecule has 0 aliphatic heterocycles. The number of nitrogens with one attached hydrogen (secondary N) is 1. The highest BCUT2D eigenvalue weighted by Gasteiger charge is 2.18. The van der Waals surface area contributed by atoms with Crippen molar-refractivity contribution < 1.29 is 9.09 Å². The van der Waals surface area contributed by atoms with Crippen LogP contribution in [0, 0.1) is 13.8 Å². The lowest BCUT2D eigenvalue weighted by atomic mass is 10.1. The fraction of sp³-hybridized carbons (Fsp3) is 0.294. The maximum atomic E-state index is 12.6. The van der Waals surface area contributed by atoms with Crippen molar-refractivity contribution in [2.75, 3.05) is 11.8 Å². The predicted molar refractivity (Wildman–Crippen MR) is 89.5 cm³/mol. The summed E-state index contributed by atoms with van der Waals surface area (Å²) >= 11 is 0. The van der Waals surface area contributed by atoms with Gasteiger partial charge in [0.05, 0.1) is 0 Å². The van der Waals surface area contributed by atoms with Crippen molar-refractivity contribution in [3.63, 3.8) is 0 Å². The molecule has 0 radical (unpaired) electrons. The van der Waals surface area contributed by atoms with E-state index >= 15 is 0 Å². The van der Waals surface area contributed by atoms with Gasteiger partial charge in [-0.2, -0.15) is 0 Å². The Kier molecular flexibility index (Phi) is 4.74. The Morgan fingerprint density at radius 1 is 1.10 bits per heavy atom. The van der Waals surface area contributed by atoms with E-state index in [4.69, 9.17) is 4.52 Å². The van der Waals surface area contributed by atoms with E-state index in [1.807, 2.05) is 56.3 Å². The first-order chi connectivity index (χ1) is 9.89. The zero-order valence-electron chi connectivity index (χ0n) is 13.0. The first kappa shape index (κ1) is 15.7. The minimum Gasteiger partial charge on any atom is -0.429 e. The molecule has 0 aromatic heterocycles. The van der Waals surface area contributed by atoms with E-state index in [9.17, 15) is 4.57 Å². The van der Waals surface area contributed by atoms with Crippen molar-refractivity contribution >= 4 is 13.2 Å². The summed E-state index contributed by atoms with van der Waals surface area (Å²) in [6.45, 7) is 7.69. The summed E-state index contributed by atoms with van der Waals surface area (Å²) in [5, 5.41) is 3.04. The lowest BCUT2D eigenvalue weighted by Crippen LogP contribution is -2.03. The molecule has 1 N–H and O–H groups in total. The van der Waals surface area contributed by atoms with Crippen molar-refractivity contribution in [2.45, 2.75) is 27.2 Å². The van der Waals surface area contributed by atoms with E-state index in [0.717, 1.165) is 23.2 Å². The number of aryl methyl sites for hydroxylation is 3. The van der Waals surface area contributed by atoms with Gasteiger partial charge in [-0.15, -0.1) is 0 Å². The van der Waals surface area contributed by atoms with Crippen LogP contribution < -0.4 is 9.61 Å². The van der Waals surface area contributed by atoms with E-state index in [-0.39, 0.29) is 0 Å². The van der Waals surface area contributed by atoms with Crippen LogP contribution >= 0.6 is 7.52 Å². The van der Waals surface area contributed by atoms with Gasteiger partial charge in [-0.25, -0.2) is 0 Å². The van der Waals surface area contributed by atoms with Gasteiger partial charge in [0.15, 0.2) is 0 Å². The molecule has 21 heavy (non-hydrogen) atoms. The highest BCUT2D eigenvalue weighted by Crippen LogP contribution is 2.44. The van der Waals surface area contributed by atoms with Crippen molar-refractivity contribution in [3.05, 3.63) is 59.2 Å². The minimum atomic E-state index is -2.96. The second kappa shape index (κ2) is 6.36. The van der Waals surface area contributed by atoms with Crippen LogP contribution in [0.3, 0.4) is 0 Å². The first-order valence-corrected chi connectivity index (χ1v) is 9.18. The summed E-state index contributed by atoms with van der Waals surface area (Å²) in [4.78, 5) is 0. The number of hydrogen-bond acceptors (Lipinski definition) is 2. The summed E-state index contributed by atoms with van der Waals surface area (Å²) in [6, 6.07) is 13.7. The van der Waals surface area contributed by atoms with Crippen molar-refractivity contribution in [3.8, 4) is 5.75 Å². The molecule has 112 valence electrons. The smallest absolute Gasteiger partial charge is 0.338 e. The molecule has 1 unspecified atom stereocenters. The van der Waals surface area contributed by atoms with Crippen molar-refractivity contribution in [2.24, 2.45) is 0 Å². The van der Waals surface area contributed by atoms with E-state index in [1.165, 1.54) is 5.56 Å². The molecule has 1 atom stereocenters. The predicted octanol–water partition coefficient (Wildman–Crippen LogP) is 5.18. The molecule has 2 rings (SSSR count). The molecule has 2 aromatic rings. The standard InChI is InChI=1S/C17H22NO2P/c1-5-15-8-10-16(11-9-15)20-21(4,19)18-17-12-13(2)6-7-14(17)3/h6-12H,5H2,1-4H3,(H,18,19). The molecule has 3 nitrogen and oxygen atoms in total. The van der Waals surface area contributed by atoms with E-state index < -0.39 is 7.52 Å². The molecule has 0 amide bonds. The molecule has 0 spiro atoms. The minimum absolute atomic E-state index is 0.621. The molecule has 0 saturated heterocycles. The average molecular weight is 303 g/mol. The Labute approximate surface area is 126 Å². The second-order valence-corrected chi connectivity index (χ2v) is 7.46. The summed E-state index contributed by atoms with van der Waals surface area (Å²) < 4.78 is 18.3. The normalized spacial score (nSPS) is 13.5. The van der Waals surface area contributed by atoms with E-state index in [2.05, 4.69) is 12.0 Å². The maximum absolute atomic E-state index is 12.6.